The highest BCUT2D eigenvalue weighted by Gasteiger charge is 2.17. The van der Waals surface area contributed by atoms with Crippen molar-refractivity contribution in [3.63, 3.8) is 0 Å². The molecule has 0 saturated carbocycles. The number of non-ortho nitro benzene ring substituents is 1. The smallest absolute Gasteiger partial charge is 0.269 e. The Morgan fingerprint density at radius 2 is 1.65 bits per heavy atom. The number of benzene rings is 4. The zero-order chi connectivity index (χ0) is 25.6. The minimum absolute atomic E-state index is 0.0402. The molecule has 0 aliphatic heterocycles. The Kier molecular flexibility index (Phi) is 7.09. The fraction of sp³-hybridized carbons (Fsp3) is 0.0741. The van der Waals surface area contributed by atoms with Gasteiger partial charge in [0, 0.05) is 28.9 Å². The summed E-state index contributed by atoms with van der Waals surface area (Å²) in [7, 11) is 0. The average Bonchev–Trinajstić information content (AvgIpc) is 3.34. The molecule has 9 nitrogen and oxygen atoms in total. The van der Waals surface area contributed by atoms with E-state index in [-0.39, 0.29) is 24.0 Å². The summed E-state index contributed by atoms with van der Waals surface area (Å²) in [5.74, 6) is 1.15. The Morgan fingerprint density at radius 3 is 2.43 bits per heavy atom. The molecular formula is C27H21N5O4S. The maximum atomic E-state index is 12.5. The number of hydrogen-bond acceptors (Lipinski definition) is 7. The van der Waals surface area contributed by atoms with E-state index in [0.717, 1.165) is 22.2 Å². The maximum absolute atomic E-state index is 12.5. The van der Waals surface area contributed by atoms with Crippen molar-refractivity contribution in [1.82, 2.24) is 14.8 Å². The van der Waals surface area contributed by atoms with E-state index in [9.17, 15) is 14.9 Å². The number of thioether (sulfide) groups is 1. The third-order valence-electron chi connectivity index (χ3n) is 5.52. The molecule has 4 aromatic carbocycles. The molecule has 0 atom stereocenters. The lowest BCUT2D eigenvalue weighted by molar-refractivity contribution is -0.384. The highest BCUT2D eigenvalue weighted by atomic mass is 32.2. The highest BCUT2D eigenvalue weighted by Crippen LogP contribution is 2.27. The van der Waals surface area contributed by atoms with Gasteiger partial charge < -0.3 is 10.1 Å². The monoisotopic (exact) mass is 511 g/mol. The van der Waals surface area contributed by atoms with E-state index in [4.69, 9.17) is 4.74 Å². The number of carbonyl (C=O) groups is 1. The fourth-order valence-electron chi connectivity index (χ4n) is 3.78. The first-order valence-corrected chi connectivity index (χ1v) is 12.3. The summed E-state index contributed by atoms with van der Waals surface area (Å²) in [6.45, 7) is 0.186. The van der Waals surface area contributed by atoms with E-state index in [1.807, 2.05) is 77.4 Å². The third kappa shape index (κ3) is 5.60. The summed E-state index contributed by atoms with van der Waals surface area (Å²) < 4.78 is 8.02. The van der Waals surface area contributed by atoms with E-state index in [2.05, 4.69) is 15.5 Å². The Morgan fingerprint density at radius 1 is 0.919 bits per heavy atom. The summed E-state index contributed by atoms with van der Waals surface area (Å²) in [5.41, 5.74) is 1.29. The number of nitro groups is 1. The molecule has 1 aromatic heterocycles. The Hall–Kier alpha value is -4.70. The van der Waals surface area contributed by atoms with Crippen LogP contribution < -0.4 is 10.1 Å². The number of nitro benzene ring substituents is 1. The summed E-state index contributed by atoms with van der Waals surface area (Å²) in [5, 5.41) is 24.9. The van der Waals surface area contributed by atoms with E-state index < -0.39 is 4.92 Å². The fourth-order valence-corrected chi connectivity index (χ4v) is 4.55. The first-order chi connectivity index (χ1) is 18.1. The quantitative estimate of drug-likeness (QED) is 0.155. The highest BCUT2D eigenvalue weighted by molar-refractivity contribution is 7.99. The van der Waals surface area contributed by atoms with E-state index in [0.29, 0.717) is 16.7 Å². The van der Waals surface area contributed by atoms with Crippen molar-refractivity contribution in [3.05, 3.63) is 113 Å². The van der Waals surface area contributed by atoms with Crippen LogP contribution in [0.15, 0.2) is 102 Å². The first kappa shape index (κ1) is 24.0. The molecule has 0 aliphatic rings. The minimum atomic E-state index is -0.487. The van der Waals surface area contributed by atoms with Crippen molar-refractivity contribution in [2.75, 3.05) is 11.1 Å². The molecule has 0 bridgehead atoms. The summed E-state index contributed by atoms with van der Waals surface area (Å²) in [4.78, 5) is 22.9. The lowest BCUT2D eigenvalue weighted by Crippen LogP contribution is -2.14. The molecule has 1 N–H and O–H groups in total. The zero-order valence-corrected chi connectivity index (χ0v) is 20.3. The van der Waals surface area contributed by atoms with Crippen LogP contribution >= 0.6 is 11.8 Å². The van der Waals surface area contributed by atoms with Crippen LogP contribution in [0.25, 0.3) is 16.5 Å². The number of para-hydroxylation sites is 1. The van der Waals surface area contributed by atoms with Gasteiger partial charge in [-0.2, -0.15) is 0 Å². The molecular weight excluding hydrogens is 490 g/mol. The number of nitrogens with one attached hydrogen (secondary N) is 1. The average molecular weight is 512 g/mol. The number of carbonyl (C=O) groups excluding carboxylic acids is 1. The van der Waals surface area contributed by atoms with Crippen molar-refractivity contribution >= 4 is 39.8 Å². The predicted octanol–water partition coefficient (Wildman–Crippen LogP) is 5.64. The van der Waals surface area contributed by atoms with Gasteiger partial charge in [-0.15, -0.1) is 10.2 Å². The van der Waals surface area contributed by atoms with E-state index in [1.165, 1.54) is 36.0 Å². The second-order valence-electron chi connectivity index (χ2n) is 7.98. The zero-order valence-electron chi connectivity index (χ0n) is 19.5. The molecule has 0 aliphatic carbocycles. The van der Waals surface area contributed by atoms with Gasteiger partial charge in [0.25, 0.3) is 5.69 Å². The molecule has 1 amide bonds. The number of aromatic nitrogens is 3. The lowest BCUT2D eigenvalue weighted by atomic mass is 10.1. The molecule has 5 aromatic rings. The lowest BCUT2D eigenvalue weighted by Gasteiger charge is -2.12. The molecule has 0 spiro atoms. The summed E-state index contributed by atoms with van der Waals surface area (Å²) in [6, 6.07) is 29.2. The van der Waals surface area contributed by atoms with Gasteiger partial charge in [-0.05, 0) is 35.7 Å². The van der Waals surface area contributed by atoms with Gasteiger partial charge in [0.05, 0.1) is 10.7 Å². The van der Waals surface area contributed by atoms with Gasteiger partial charge >= 0.3 is 0 Å². The van der Waals surface area contributed by atoms with Crippen LogP contribution in [0.4, 0.5) is 11.4 Å². The van der Waals surface area contributed by atoms with E-state index in [1.54, 1.807) is 0 Å². The predicted molar refractivity (Wildman–Crippen MR) is 142 cm³/mol. The van der Waals surface area contributed by atoms with Crippen LogP contribution in [-0.2, 0) is 11.4 Å². The van der Waals surface area contributed by atoms with Crippen molar-refractivity contribution in [2.45, 2.75) is 11.8 Å². The van der Waals surface area contributed by atoms with Crippen molar-refractivity contribution in [1.29, 1.82) is 0 Å². The molecule has 0 unspecified atom stereocenters. The van der Waals surface area contributed by atoms with Crippen LogP contribution in [0.1, 0.15) is 5.82 Å². The van der Waals surface area contributed by atoms with Crippen LogP contribution in [-0.4, -0.2) is 31.3 Å². The molecule has 0 saturated heterocycles. The molecule has 0 fully saturated rings. The summed E-state index contributed by atoms with van der Waals surface area (Å²) in [6.07, 6.45) is 0. The number of amides is 1. The maximum Gasteiger partial charge on any atom is 0.269 e. The molecule has 1 heterocycles. The van der Waals surface area contributed by atoms with Gasteiger partial charge in [-0.3, -0.25) is 19.5 Å². The molecule has 10 heteroatoms. The Bertz CT molecular complexity index is 1550. The van der Waals surface area contributed by atoms with E-state index >= 15 is 0 Å². The second-order valence-corrected chi connectivity index (χ2v) is 8.92. The van der Waals surface area contributed by atoms with Crippen molar-refractivity contribution in [2.24, 2.45) is 0 Å². The topological polar surface area (TPSA) is 112 Å². The van der Waals surface area contributed by atoms with Crippen LogP contribution in [0, 0.1) is 10.1 Å². The molecule has 184 valence electrons. The molecule has 5 rings (SSSR count). The van der Waals surface area contributed by atoms with Crippen LogP contribution in [0.2, 0.25) is 0 Å². The van der Waals surface area contributed by atoms with Gasteiger partial charge in [0.2, 0.25) is 5.91 Å². The summed E-state index contributed by atoms with van der Waals surface area (Å²) >= 11 is 1.24. The van der Waals surface area contributed by atoms with Gasteiger partial charge in [0.15, 0.2) is 11.0 Å². The normalized spacial score (nSPS) is 10.8. The Labute approximate surface area is 216 Å². The molecule has 37 heavy (non-hydrogen) atoms. The molecule has 0 radical (unpaired) electrons. The minimum Gasteiger partial charge on any atom is -0.485 e. The number of ether oxygens (including phenoxy) is 1. The van der Waals surface area contributed by atoms with Crippen LogP contribution in [0.5, 0.6) is 5.75 Å². The number of fused-ring (bicyclic) bond motifs is 1. The van der Waals surface area contributed by atoms with Gasteiger partial charge in [0.1, 0.15) is 12.4 Å². The Balaban J connectivity index is 1.32. The van der Waals surface area contributed by atoms with Crippen molar-refractivity contribution < 1.29 is 14.5 Å². The van der Waals surface area contributed by atoms with Gasteiger partial charge in [-0.25, -0.2) is 0 Å². The first-order valence-electron chi connectivity index (χ1n) is 11.4. The second kappa shape index (κ2) is 10.9. The van der Waals surface area contributed by atoms with Crippen molar-refractivity contribution in [3.8, 4) is 11.4 Å². The SMILES string of the molecule is O=C(CSc1nnc(COc2cccc3ccccc23)n1-c1ccccc1)Nc1ccc([N+](=O)[O-])cc1. The number of hydrogen-bond donors (Lipinski definition) is 1. The van der Waals surface area contributed by atoms with Gasteiger partial charge in [-0.1, -0.05) is 66.4 Å². The number of rotatable bonds is 9. The third-order valence-corrected chi connectivity index (χ3v) is 6.44. The van der Waals surface area contributed by atoms with Crippen LogP contribution in [0.3, 0.4) is 0 Å². The standard InChI is InChI=1S/C27H21N5O4S/c33-26(28-20-13-15-22(16-14-20)32(34)35)18-37-27-30-29-25(31(27)21-9-2-1-3-10-21)17-36-24-12-6-8-19-7-4-5-11-23(19)24/h1-16H,17-18H2,(H,28,33). The largest absolute Gasteiger partial charge is 0.485 e. The number of anilines is 1. The number of nitrogens with zero attached hydrogens (tertiary/aromatic N) is 4.